The van der Waals surface area contributed by atoms with Crippen molar-refractivity contribution in [2.45, 2.75) is 44.6 Å². The molecule has 1 aliphatic carbocycles. The highest BCUT2D eigenvalue weighted by Gasteiger charge is 2.40. The fourth-order valence-corrected chi connectivity index (χ4v) is 1.61. The van der Waals surface area contributed by atoms with Crippen molar-refractivity contribution in [3.05, 3.63) is 0 Å². The van der Waals surface area contributed by atoms with Crippen molar-refractivity contribution in [2.75, 3.05) is 6.54 Å². The standard InChI is InChI=1S/C10H15F2N/c1-2-3-8-13-9-6-4-5-7-10(9,11)12/h9,13H,4-8H2,1H3. The van der Waals surface area contributed by atoms with Gasteiger partial charge in [0.25, 0.3) is 5.92 Å². The fraction of sp³-hybridized carbons (Fsp3) is 0.800. The highest BCUT2D eigenvalue weighted by atomic mass is 19.3. The van der Waals surface area contributed by atoms with Crippen molar-refractivity contribution in [1.82, 2.24) is 5.32 Å². The zero-order valence-corrected chi connectivity index (χ0v) is 7.87. The molecule has 1 aliphatic rings. The molecule has 0 saturated heterocycles. The summed E-state index contributed by atoms with van der Waals surface area (Å²) in [5.41, 5.74) is 0. The molecule has 1 saturated carbocycles. The minimum Gasteiger partial charge on any atom is -0.298 e. The molecular weight excluding hydrogens is 172 g/mol. The normalized spacial score (nSPS) is 26.2. The first-order chi connectivity index (χ1) is 6.17. The van der Waals surface area contributed by atoms with Crippen LogP contribution < -0.4 is 5.32 Å². The second-order valence-electron chi connectivity index (χ2n) is 3.37. The van der Waals surface area contributed by atoms with E-state index in [4.69, 9.17) is 0 Å². The molecule has 0 heterocycles. The molecule has 0 aliphatic heterocycles. The van der Waals surface area contributed by atoms with Gasteiger partial charge < -0.3 is 0 Å². The molecular formula is C10H15F2N. The van der Waals surface area contributed by atoms with Crippen molar-refractivity contribution in [2.24, 2.45) is 0 Å². The van der Waals surface area contributed by atoms with E-state index in [9.17, 15) is 8.78 Å². The van der Waals surface area contributed by atoms with Gasteiger partial charge in [-0.25, -0.2) is 8.78 Å². The molecule has 1 N–H and O–H groups in total. The lowest BCUT2D eigenvalue weighted by Gasteiger charge is -2.31. The fourth-order valence-electron chi connectivity index (χ4n) is 1.61. The maximum atomic E-state index is 13.2. The van der Waals surface area contributed by atoms with Crippen LogP contribution in [0.15, 0.2) is 0 Å². The second kappa shape index (κ2) is 4.57. The van der Waals surface area contributed by atoms with Crippen LogP contribution in [0.3, 0.4) is 0 Å². The molecule has 1 unspecified atom stereocenters. The van der Waals surface area contributed by atoms with Crippen LogP contribution in [-0.4, -0.2) is 18.5 Å². The van der Waals surface area contributed by atoms with E-state index in [1.165, 1.54) is 0 Å². The van der Waals surface area contributed by atoms with Crippen LogP contribution in [0.1, 0.15) is 32.6 Å². The third kappa shape index (κ3) is 2.96. The van der Waals surface area contributed by atoms with Crippen molar-refractivity contribution < 1.29 is 8.78 Å². The van der Waals surface area contributed by atoms with Crippen LogP contribution in [0.5, 0.6) is 0 Å². The summed E-state index contributed by atoms with van der Waals surface area (Å²) in [4.78, 5) is 0. The van der Waals surface area contributed by atoms with Crippen molar-refractivity contribution >= 4 is 0 Å². The molecule has 74 valence electrons. The Bertz CT molecular complexity index is 215. The zero-order valence-electron chi connectivity index (χ0n) is 7.87. The van der Waals surface area contributed by atoms with E-state index in [2.05, 4.69) is 17.2 Å². The average molecular weight is 187 g/mol. The monoisotopic (exact) mass is 187 g/mol. The lowest BCUT2D eigenvalue weighted by molar-refractivity contribution is -0.0623. The highest BCUT2D eigenvalue weighted by molar-refractivity contribution is 4.99. The third-order valence-corrected chi connectivity index (χ3v) is 2.38. The van der Waals surface area contributed by atoms with Gasteiger partial charge in [0.1, 0.15) is 0 Å². The Labute approximate surface area is 77.9 Å². The highest BCUT2D eigenvalue weighted by Crippen LogP contribution is 2.33. The van der Waals surface area contributed by atoms with Crippen molar-refractivity contribution in [3.63, 3.8) is 0 Å². The van der Waals surface area contributed by atoms with Crippen LogP contribution in [0, 0.1) is 11.8 Å². The van der Waals surface area contributed by atoms with Crippen LogP contribution in [0.25, 0.3) is 0 Å². The predicted octanol–water partition coefficient (Wildman–Crippen LogP) is 2.18. The van der Waals surface area contributed by atoms with Gasteiger partial charge in [-0.15, -0.1) is 5.92 Å². The average Bonchev–Trinajstić information content (AvgIpc) is 2.08. The first-order valence-corrected chi connectivity index (χ1v) is 4.67. The Morgan fingerprint density at radius 1 is 1.46 bits per heavy atom. The van der Waals surface area contributed by atoms with Crippen LogP contribution in [0.4, 0.5) is 8.78 Å². The van der Waals surface area contributed by atoms with Crippen LogP contribution in [-0.2, 0) is 0 Å². The quantitative estimate of drug-likeness (QED) is 0.653. The Hall–Kier alpha value is -0.620. The summed E-state index contributed by atoms with van der Waals surface area (Å²) < 4.78 is 26.4. The van der Waals surface area contributed by atoms with Crippen LogP contribution >= 0.6 is 0 Å². The minimum absolute atomic E-state index is 0.0181. The van der Waals surface area contributed by atoms with Gasteiger partial charge >= 0.3 is 0 Å². The molecule has 13 heavy (non-hydrogen) atoms. The Morgan fingerprint density at radius 2 is 2.23 bits per heavy atom. The van der Waals surface area contributed by atoms with E-state index in [0.717, 1.165) is 6.42 Å². The Morgan fingerprint density at radius 3 is 2.85 bits per heavy atom. The molecule has 1 rings (SSSR count). The summed E-state index contributed by atoms with van der Waals surface area (Å²) in [5.74, 6) is 2.88. The lowest BCUT2D eigenvalue weighted by Crippen LogP contribution is -2.47. The maximum Gasteiger partial charge on any atom is 0.263 e. The second-order valence-corrected chi connectivity index (χ2v) is 3.37. The van der Waals surface area contributed by atoms with Crippen molar-refractivity contribution in [1.29, 1.82) is 0 Å². The predicted molar refractivity (Wildman–Crippen MR) is 48.7 cm³/mol. The van der Waals surface area contributed by atoms with Gasteiger partial charge in [-0.1, -0.05) is 12.3 Å². The third-order valence-electron chi connectivity index (χ3n) is 2.38. The Kier molecular flexibility index (Phi) is 3.68. The summed E-state index contributed by atoms with van der Waals surface area (Å²) in [6.07, 6.45) is 2.13. The van der Waals surface area contributed by atoms with Gasteiger partial charge in [0.2, 0.25) is 0 Å². The minimum atomic E-state index is -2.53. The van der Waals surface area contributed by atoms with Gasteiger partial charge in [-0.05, 0) is 19.8 Å². The van der Waals surface area contributed by atoms with E-state index in [0.29, 0.717) is 19.4 Å². The zero-order chi connectivity index (χ0) is 9.73. The maximum absolute atomic E-state index is 13.2. The summed E-state index contributed by atoms with van der Waals surface area (Å²) >= 11 is 0. The van der Waals surface area contributed by atoms with Gasteiger partial charge in [0.05, 0.1) is 12.6 Å². The van der Waals surface area contributed by atoms with Gasteiger partial charge in [-0.2, -0.15) is 0 Å². The number of alkyl halides is 2. The number of rotatable bonds is 2. The van der Waals surface area contributed by atoms with E-state index in [1.54, 1.807) is 6.92 Å². The first kappa shape index (κ1) is 10.5. The van der Waals surface area contributed by atoms with Gasteiger partial charge in [-0.3, -0.25) is 5.32 Å². The molecule has 0 aromatic heterocycles. The van der Waals surface area contributed by atoms with Gasteiger partial charge in [0.15, 0.2) is 0 Å². The van der Waals surface area contributed by atoms with E-state index in [1.807, 2.05) is 0 Å². The lowest BCUT2D eigenvalue weighted by atomic mass is 9.91. The van der Waals surface area contributed by atoms with E-state index >= 15 is 0 Å². The summed E-state index contributed by atoms with van der Waals surface area (Å²) in [6.45, 7) is 2.08. The molecule has 1 fully saturated rings. The molecule has 1 atom stereocenters. The molecule has 0 spiro atoms. The summed E-state index contributed by atoms with van der Waals surface area (Å²) in [7, 11) is 0. The molecule has 3 heteroatoms. The Balaban J connectivity index is 2.40. The molecule has 1 nitrogen and oxygen atoms in total. The smallest absolute Gasteiger partial charge is 0.263 e. The van der Waals surface area contributed by atoms with Gasteiger partial charge in [0, 0.05) is 6.42 Å². The summed E-state index contributed by atoms with van der Waals surface area (Å²) in [6, 6.07) is -0.665. The summed E-state index contributed by atoms with van der Waals surface area (Å²) in [5, 5.41) is 2.79. The molecule has 0 aromatic rings. The molecule has 0 radical (unpaired) electrons. The number of hydrogen-bond acceptors (Lipinski definition) is 1. The topological polar surface area (TPSA) is 12.0 Å². The molecule has 0 aromatic carbocycles. The SMILES string of the molecule is CC#CCNC1CCCCC1(F)F. The molecule has 0 bridgehead atoms. The number of nitrogens with one attached hydrogen (secondary N) is 1. The number of hydrogen-bond donors (Lipinski definition) is 1. The number of halogens is 2. The van der Waals surface area contributed by atoms with E-state index < -0.39 is 12.0 Å². The first-order valence-electron chi connectivity index (χ1n) is 4.67. The van der Waals surface area contributed by atoms with Crippen molar-refractivity contribution in [3.8, 4) is 11.8 Å². The molecule has 0 amide bonds. The van der Waals surface area contributed by atoms with Crippen LogP contribution in [0.2, 0.25) is 0 Å². The van der Waals surface area contributed by atoms with E-state index in [-0.39, 0.29) is 6.42 Å². The largest absolute Gasteiger partial charge is 0.298 e.